The van der Waals surface area contributed by atoms with E-state index in [1.54, 1.807) is 20.8 Å². The molecule has 0 radical (unpaired) electrons. The van der Waals surface area contributed by atoms with Crippen molar-refractivity contribution in [2.45, 2.75) is 52.0 Å². The molecule has 2 aliphatic heterocycles. The Balaban J connectivity index is 2.11. The van der Waals surface area contributed by atoms with Gasteiger partial charge in [0.25, 0.3) is 0 Å². The van der Waals surface area contributed by atoms with E-state index >= 15 is 0 Å². The van der Waals surface area contributed by atoms with Gasteiger partial charge in [0.1, 0.15) is 12.6 Å². The number of hydrogen-bond donors (Lipinski definition) is 0. The minimum Gasteiger partial charge on any atom is -0.493 e. The summed E-state index contributed by atoms with van der Waals surface area (Å²) in [6.07, 6.45) is 0.294. The average molecular weight is 495 g/mol. The van der Waals surface area contributed by atoms with Crippen LogP contribution in [0.25, 0.3) is 0 Å². The molecule has 0 aromatic heterocycles. The summed E-state index contributed by atoms with van der Waals surface area (Å²) in [7, 11) is 2.63. The van der Waals surface area contributed by atoms with E-state index in [1.165, 1.54) is 31.3 Å². The molecule has 3 amide bonds. The number of amides is 3. The maximum atomic E-state index is 14.5. The predicted molar refractivity (Wildman–Crippen MR) is 119 cm³/mol. The molecular weight excluding hydrogens is 464 g/mol. The molecule has 11 heteroatoms. The molecule has 0 unspecified atom stereocenters. The van der Waals surface area contributed by atoms with Gasteiger partial charge in [-0.1, -0.05) is 0 Å². The molecule has 0 saturated carbocycles. The van der Waals surface area contributed by atoms with Crippen molar-refractivity contribution < 1.29 is 41.9 Å². The van der Waals surface area contributed by atoms with E-state index in [9.17, 15) is 28.4 Å². The molecule has 2 heterocycles. The summed E-state index contributed by atoms with van der Waals surface area (Å²) < 4.78 is 43.9. The molecule has 190 valence electrons. The number of rotatable bonds is 4. The van der Waals surface area contributed by atoms with Gasteiger partial charge in [0, 0.05) is 18.7 Å². The SMILES string of the molecule is COc1cc(C(=O)[N@+]2(C(=O)N3CCC[C@H]3C#N)CCC(F)(F)C2)cc(OC(=O)C(C)(C)C)c1OC. The Hall–Kier alpha value is -3.26. The Morgan fingerprint density at radius 3 is 2.34 bits per heavy atom. The lowest BCUT2D eigenvalue weighted by molar-refractivity contribution is -0.762. The fraction of sp³-hybridized carbons (Fsp3) is 0.583. The zero-order chi connectivity index (χ0) is 26.2. The highest BCUT2D eigenvalue weighted by molar-refractivity contribution is 5.97. The van der Waals surface area contributed by atoms with Gasteiger partial charge in [0.2, 0.25) is 5.75 Å². The van der Waals surface area contributed by atoms with Crippen LogP contribution in [0.15, 0.2) is 12.1 Å². The summed E-state index contributed by atoms with van der Waals surface area (Å²) in [5.41, 5.74) is -1.04. The number of carbonyl (C=O) groups is 3. The third-order valence-electron chi connectivity index (χ3n) is 6.27. The van der Waals surface area contributed by atoms with Crippen molar-refractivity contribution in [1.82, 2.24) is 4.90 Å². The molecular formula is C24H30F2N3O6+. The van der Waals surface area contributed by atoms with Gasteiger partial charge in [-0.2, -0.15) is 9.74 Å². The molecule has 0 N–H and O–H groups in total. The monoisotopic (exact) mass is 494 g/mol. The van der Waals surface area contributed by atoms with Crippen LogP contribution in [0.5, 0.6) is 17.2 Å². The zero-order valence-corrected chi connectivity index (χ0v) is 20.5. The summed E-state index contributed by atoms with van der Waals surface area (Å²) in [5, 5.41) is 9.42. The second-order valence-electron chi connectivity index (χ2n) is 9.87. The van der Waals surface area contributed by atoms with Crippen LogP contribution in [0.4, 0.5) is 13.6 Å². The molecule has 1 aromatic rings. The maximum Gasteiger partial charge on any atom is 0.428 e. The first-order chi connectivity index (χ1) is 16.3. The first-order valence-corrected chi connectivity index (χ1v) is 11.3. The Morgan fingerprint density at radius 1 is 1.17 bits per heavy atom. The third-order valence-corrected chi connectivity index (χ3v) is 6.27. The Morgan fingerprint density at radius 2 is 1.83 bits per heavy atom. The van der Waals surface area contributed by atoms with E-state index in [0.717, 1.165) is 0 Å². The number of benzene rings is 1. The number of likely N-dealkylation sites (tertiary alicyclic amines) is 2. The number of nitrogens with zero attached hydrogens (tertiary/aromatic N) is 3. The molecule has 9 nitrogen and oxygen atoms in total. The number of quaternary nitrogens is 1. The highest BCUT2D eigenvalue weighted by Crippen LogP contribution is 2.42. The lowest BCUT2D eigenvalue weighted by atomic mass is 9.97. The second-order valence-corrected chi connectivity index (χ2v) is 9.87. The number of nitriles is 1. The smallest absolute Gasteiger partial charge is 0.428 e. The molecule has 3 rings (SSSR count). The van der Waals surface area contributed by atoms with Gasteiger partial charge in [0.15, 0.2) is 18.0 Å². The Labute approximate surface area is 202 Å². The predicted octanol–water partition coefficient (Wildman–Crippen LogP) is 3.76. The van der Waals surface area contributed by atoms with Gasteiger partial charge in [-0.25, -0.2) is 18.4 Å². The van der Waals surface area contributed by atoms with Crippen molar-refractivity contribution in [2.75, 3.05) is 33.9 Å². The van der Waals surface area contributed by atoms with Crippen molar-refractivity contribution in [3.63, 3.8) is 0 Å². The number of methoxy groups -OCH3 is 2. The summed E-state index contributed by atoms with van der Waals surface area (Å²) in [4.78, 5) is 41.1. The van der Waals surface area contributed by atoms with E-state index in [1.807, 2.05) is 6.07 Å². The topological polar surface area (TPSA) is 106 Å². The van der Waals surface area contributed by atoms with Gasteiger partial charge >= 0.3 is 23.8 Å². The van der Waals surface area contributed by atoms with Crippen LogP contribution in [0.2, 0.25) is 0 Å². The molecule has 0 spiro atoms. The number of esters is 1. The lowest BCUT2D eigenvalue weighted by Gasteiger charge is -2.33. The van der Waals surface area contributed by atoms with Gasteiger partial charge < -0.3 is 14.2 Å². The van der Waals surface area contributed by atoms with E-state index in [2.05, 4.69) is 0 Å². The minimum absolute atomic E-state index is 0.0303. The van der Waals surface area contributed by atoms with Crippen molar-refractivity contribution in [1.29, 1.82) is 5.26 Å². The summed E-state index contributed by atoms with van der Waals surface area (Å²) in [5.74, 6) is -4.83. The van der Waals surface area contributed by atoms with Gasteiger partial charge in [-0.3, -0.25) is 9.69 Å². The largest absolute Gasteiger partial charge is 0.493 e. The van der Waals surface area contributed by atoms with E-state index in [-0.39, 0.29) is 29.4 Å². The Kier molecular flexibility index (Phi) is 7.09. The number of urea groups is 1. The molecule has 1 aromatic carbocycles. The lowest BCUT2D eigenvalue weighted by Crippen LogP contribution is -2.61. The van der Waals surface area contributed by atoms with Crippen LogP contribution in [0.3, 0.4) is 0 Å². The number of hydrogen-bond acceptors (Lipinski definition) is 7. The minimum atomic E-state index is -3.24. The van der Waals surface area contributed by atoms with E-state index < -0.39 is 59.3 Å². The van der Waals surface area contributed by atoms with Crippen LogP contribution in [-0.2, 0) is 4.79 Å². The van der Waals surface area contributed by atoms with E-state index in [4.69, 9.17) is 14.2 Å². The number of imide groups is 1. The number of halogens is 2. The molecule has 2 saturated heterocycles. The molecule has 35 heavy (non-hydrogen) atoms. The van der Waals surface area contributed by atoms with Crippen LogP contribution in [-0.4, -0.2) is 73.1 Å². The fourth-order valence-electron chi connectivity index (χ4n) is 4.34. The summed E-state index contributed by atoms with van der Waals surface area (Å²) >= 11 is 0. The highest BCUT2D eigenvalue weighted by Gasteiger charge is 2.61. The normalized spacial score (nSPS) is 23.5. The molecule has 2 atom stereocenters. The summed E-state index contributed by atoms with van der Waals surface area (Å²) in [6.45, 7) is 3.68. The van der Waals surface area contributed by atoms with Crippen molar-refractivity contribution >= 4 is 17.9 Å². The number of alkyl halides is 2. The first-order valence-electron chi connectivity index (χ1n) is 11.3. The quantitative estimate of drug-likeness (QED) is 0.356. The molecule has 0 bridgehead atoms. The second kappa shape index (κ2) is 9.41. The van der Waals surface area contributed by atoms with Crippen molar-refractivity contribution in [3.05, 3.63) is 17.7 Å². The van der Waals surface area contributed by atoms with Crippen LogP contribution < -0.4 is 14.2 Å². The Bertz CT molecular complexity index is 1080. The van der Waals surface area contributed by atoms with E-state index in [0.29, 0.717) is 12.8 Å². The molecule has 0 aliphatic carbocycles. The highest BCUT2D eigenvalue weighted by atomic mass is 19.3. The zero-order valence-electron chi connectivity index (χ0n) is 20.5. The standard InChI is InChI=1S/C24H30F2N3O6/c1-23(2,3)21(31)35-18-12-15(11-17(33-4)19(18)34-5)20(30)29(10-8-24(25,26)14-29)22(32)28-9-6-7-16(28)13-27/h11-12,16H,6-10,14H2,1-5H3/q+1/t16-,29-/m0/s1. The van der Waals surface area contributed by atoms with Gasteiger partial charge in [-0.05, 0) is 33.6 Å². The van der Waals surface area contributed by atoms with Crippen LogP contribution in [0, 0.1) is 16.7 Å². The third kappa shape index (κ3) is 4.93. The number of ether oxygens (including phenoxy) is 3. The average Bonchev–Trinajstić information content (AvgIpc) is 3.41. The van der Waals surface area contributed by atoms with Gasteiger partial charge in [0.05, 0.1) is 37.7 Å². The van der Waals surface area contributed by atoms with Gasteiger partial charge in [-0.15, -0.1) is 0 Å². The van der Waals surface area contributed by atoms with Crippen LogP contribution in [0.1, 0.15) is 50.4 Å². The van der Waals surface area contributed by atoms with Crippen molar-refractivity contribution in [3.8, 4) is 23.3 Å². The number of carbonyl (C=O) groups excluding carboxylic acids is 3. The first kappa shape index (κ1) is 26.3. The van der Waals surface area contributed by atoms with Crippen molar-refractivity contribution in [2.24, 2.45) is 5.41 Å². The molecule has 2 fully saturated rings. The summed E-state index contributed by atoms with van der Waals surface area (Å²) in [6, 6.07) is 2.86. The fourth-order valence-corrected chi connectivity index (χ4v) is 4.34. The molecule has 2 aliphatic rings. The maximum absolute atomic E-state index is 14.5. The van der Waals surface area contributed by atoms with Crippen LogP contribution >= 0.6 is 0 Å².